The summed E-state index contributed by atoms with van der Waals surface area (Å²) in [5, 5.41) is 8.94. The fourth-order valence-electron chi connectivity index (χ4n) is 1.20. The van der Waals surface area contributed by atoms with Gasteiger partial charge >= 0.3 is 11.9 Å². The van der Waals surface area contributed by atoms with E-state index in [1.54, 1.807) is 18.2 Å². The van der Waals surface area contributed by atoms with Crippen LogP contribution in [-0.4, -0.2) is 23.0 Å². The minimum Gasteiger partial charge on any atom is -0.478 e. The summed E-state index contributed by atoms with van der Waals surface area (Å²) in [6.07, 6.45) is 1.14. The molecule has 0 spiro atoms. The van der Waals surface area contributed by atoms with E-state index in [4.69, 9.17) is 9.84 Å². The Morgan fingerprint density at radius 1 is 1.35 bits per heavy atom. The van der Waals surface area contributed by atoms with Crippen LogP contribution in [-0.2, 0) is 9.53 Å². The number of carbonyl (C=O) groups is 2. The number of carbonyl (C=O) groups excluding carboxylic acids is 1. The molecular formula is C12H14O4S. The van der Waals surface area contributed by atoms with Crippen LogP contribution in [0.1, 0.15) is 30.1 Å². The van der Waals surface area contributed by atoms with Gasteiger partial charge in [-0.05, 0) is 18.6 Å². The first kappa shape index (κ1) is 13.6. The maximum atomic E-state index is 11.1. The van der Waals surface area contributed by atoms with Gasteiger partial charge in [0.2, 0.25) is 0 Å². The minimum absolute atomic E-state index is 0.142. The van der Waals surface area contributed by atoms with E-state index in [2.05, 4.69) is 0 Å². The Balaban J connectivity index is 2.52. The molecule has 0 aliphatic heterocycles. The maximum absolute atomic E-state index is 11.1. The monoisotopic (exact) mass is 254 g/mol. The van der Waals surface area contributed by atoms with Crippen LogP contribution in [0.5, 0.6) is 0 Å². The molecule has 1 aromatic carbocycles. The van der Waals surface area contributed by atoms with E-state index < -0.39 is 5.97 Å². The maximum Gasteiger partial charge on any atom is 0.336 e. The summed E-state index contributed by atoms with van der Waals surface area (Å²) in [6, 6.07) is 6.64. The zero-order valence-electron chi connectivity index (χ0n) is 9.51. The lowest BCUT2D eigenvalue weighted by Gasteiger charge is -2.06. The SMILES string of the molecule is CCCC(=O)OCSc1ccccc1C(=O)O. The molecule has 0 saturated heterocycles. The molecule has 0 atom stereocenters. The molecule has 0 aliphatic rings. The highest BCUT2D eigenvalue weighted by atomic mass is 32.2. The summed E-state index contributed by atoms with van der Waals surface area (Å²) in [6.45, 7) is 1.90. The highest BCUT2D eigenvalue weighted by Gasteiger charge is 2.10. The van der Waals surface area contributed by atoms with E-state index in [-0.39, 0.29) is 17.5 Å². The van der Waals surface area contributed by atoms with Gasteiger partial charge in [-0.2, -0.15) is 0 Å². The molecule has 17 heavy (non-hydrogen) atoms. The van der Waals surface area contributed by atoms with Crippen molar-refractivity contribution < 1.29 is 19.4 Å². The molecule has 1 aromatic rings. The van der Waals surface area contributed by atoms with Crippen LogP contribution >= 0.6 is 11.8 Å². The summed E-state index contributed by atoms with van der Waals surface area (Å²) in [5.41, 5.74) is 0.226. The van der Waals surface area contributed by atoms with E-state index in [1.165, 1.54) is 17.8 Å². The van der Waals surface area contributed by atoms with Crippen molar-refractivity contribution in [3.63, 3.8) is 0 Å². The second-order valence-electron chi connectivity index (χ2n) is 3.33. The summed E-state index contributed by atoms with van der Waals surface area (Å²) in [5.74, 6) is -1.09. The van der Waals surface area contributed by atoms with Crippen molar-refractivity contribution in [3.05, 3.63) is 29.8 Å². The molecule has 4 nitrogen and oxygen atoms in total. The van der Waals surface area contributed by atoms with Crippen molar-refractivity contribution in [2.75, 3.05) is 5.94 Å². The number of thioether (sulfide) groups is 1. The van der Waals surface area contributed by atoms with Crippen LogP contribution in [0.4, 0.5) is 0 Å². The zero-order valence-corrected chi connectivity index (χ0v) is 10.3. The van der Waals surface area contributed by atoms with Crippen LogP contribution in [0.15, 0.2) is 29.2 Å². The zero-order chi connectivity index (χ0) is 12.7. The second-order valence-corrected chi connectivity index (χ2v) is 4.29. The predicted molar refractivity (Wildman–Crippen MR) is 65.1 cm³/mol. The van der Waals surface area contributed by atoms with E-state index in [1.807, 2.05) is 6.92 Å². The topological polar surface area (TPSA) is 63.6 Å². The van der Waals surface area contributed by atoms with Crippen LogP contribution in [0.25, 0.3) is 0 Å². The Bertz CT molecular complexity index is 403. The molecule has 0 saturated carbocycles. The fourth-order valence-corrected chi connectivity index (χ4v) is 2.01. The van der Waals surface area contributed by atoms with E-state index >= 15 is 0 Å². The Morgan fingerprint density at radius 2 is 2.06 bits per heavy atom. The van der Waals surface area contributed by atoms with Crippen molar-refractivity contribution in [1.82, 2.24) is 0 Å². The third-order valence-corrected chi connectivity index (χ3v) is 2.91. The number of esters is 1. The van der Waals surface area contributed by atoms with E-state index in [0.717, 1.165) is 6.42 Å². The standard InChI is InChI=1S/C12H14O4S/c1-2-5-11(13)16-8-17-10-7-4-3-6-9(10)12(14)15/h3-4,6-7H,2,5,8H2,1H3,(H,14,15). The number of benzene rings is 1. The van der Waals surface area contributed by atoms with Crippen LogP contribution in [0, 0.1) is 0 Å². The van der Waals surface area contributed by atoms with Gasteiger partial charge in [0.15, 0.2) is 0 Å². The molecule has 92 valence electrons. The number of rotatable bonds is 6. The lowest BCUT2D eigenvalue weighted by molar-refractivity contribution is -0.141. The Labute approximate surface area is 104 Å². The molecule has 1 N–H and O–H groups in total. The van der Waals surface area contributed by atoms with Crippen LogP contribution in [0.2, 0.25) is 0 Å². The van der Waals surface area contributed by atoms with Gasteiger partial charge in [-0.1, -0.05) is 30.8 Å². The van der Waals surface area contributed by atoms with Crippen molar-refractivity contribution in [1.29, 1.82) is 0 Å². The van der Waals surface area contributed by atoms with Crippen molar-refractivity contribution >= 4 is 23.7 Å². The largest absolute Gasteiger partial charge is 0.478 e. The highest BCUT2D eigenvalue weighted by molar-refractivity contribution is 7.99. The van der Waals surface area contributed by atoms with E-state index in [0.29, 0.717) is 11.3 Å². The molecule has 0 aromatic heterocycles. The van der Waals surface area contributed by atoms with Crippen molar-refractivity contribution in [3.8, 4) is 0 Å². The third-order valence-electron chi connectivity index (χ3n) is 2.01. The van der Waals surface area contributed by atoms with Crippen LogP contribution < -0.4 is 0 Å². The summed E-state index contributed by atoms with van der Waals surface area (Å²) >= 11 is 1.21. The number of hydrogen-bond acceptors (Lipinski definition) is 4. The average Bonchev–Trinajstić information content (AvgIpc) is 2.30. The van der Waals surface area contributed by atoms with Gasteiger partial charge < -0.3 is 9.84 Å². The molecule has 1 rings (SSSR count). The quantitative estimate of drug-likeness (QED) is 0.480. The molecule has 5 heteroatoms. The fraction of sp³-hybridized carbons (Fsp3) is 0.333. The Morgan fingerprint density at radius 3 is 2.71 bits per heavy atom. The van der Waals surface area contributed by atoms with Gasteiger partial charge in [0, 0.05) is 11.3 Å². The molecule has 0 aliphatic carbocycles. The van der Waals surface area contributed by atoms with E-state index in [9.17, 15) is 9.59 Å². The normalized spacial score (nSPS) is 9.94. The summed E-state index contributed by atoms with van der Waals surface area (Å²) in [4.78, 5) is 22.6. The van der Waals surface area contributed by atoms with Gasteiger partial charge in [0.25, 0.3) is 0 Å². The van der Waals surface area contributed by atoms with Gasteiger partial charge in [-0.25, -0.2) is 4.79 Å². The predicted octanol–water partition coefficient (Wildman–Crippen LogP) is 2.78. The first-order valence-corrected chi connectivity index (χ1v) is 6.24. The number of ether oxygens (including phenoxy) is 1. The number of carboxylic acid groups (broad SMARTS) is 1. The molecule has 0 radical (unpaired) electrons. The van der Waals surface area contributed by atoms with Gasteiger partial charge in [-0.15, -0.1) is 0 Å². The molecule has 0 heterocycles. The lowest BCUT2D eigenvalue weighted by atomic mass is 10.2. The Kier molecular flexibility index (Phi) is 5.56. The summed E-state index contributed by atoms with van der Waals surface area (Å²) in [7, 11) is 0. The van der Waals surface area contributed by atoms with Crippen LogP contribution in [0.3, 0.4) is 0 Å². The number of hydrogen-bond donors (Lipinski definition) is 1. The average molecular weight is 254 g/mol. The number of aromatic carboxylic acids is 1. The molecule has 0 unspecified atom stereocenters. The lowest BCUT2D eigenvalue weighted by Crippen LogP contribution is -2.04. The molecule has 0 amide bonds. The smallest absolute Gasteiger partial charge is 0.336 e. The third kappa shape index (κ3) is 4.48. The Hall–Kier alpha value is -1.49. The minimum atomic E-state index is -0.979. The van der Waals surface area contributed by atoms with Gasteiger partial charge in [0.05, 0.1) is 5.56 Å². The first-order chi connectivity index (χ1) is 8.15. The molecule has 0 fully saturated rings. The highest BCUT2D eigenvalue weighted by Crippen LogP contribution is 2.22. The molecule has 0 bridgehead atoms. The second kappa shape index (κ2) is 6.96. The van der Waals surface area contributed by atoms with Crippen molar-refractivity contribution in [2.45, 2.75) is 24.7 Å². The van der Waals surface area contributed by atoms with Gasteiger partial charge in [-0.3, -0.25) is 4.79 Å². The summed E-state index contributed by atoms with van der Waals surface area (Å²) < 4.78 is 4.95. The van der Waals surface area contributed by atoms with Gasteiger partial charge in [0.1, 0.15) is 5.94 Å². The first-order valence-electron chi connectivity index (χ1n) is 5.26. The van der Waals surface area contributed by atoms with Crippen molar-refractivity contribution in [2.24, 2.45) is 0 Å². The number of carboxylic acids is 1. The molecular weight excluding hydrogens is 240 g/mol.